The Labute approximate surface area is 103 Å². The fraction of sp³-hybridized carbons (Fsp3) is 0.462. The van der Waals surface area contributed by atoms with Crippen LogP contribution in [0.2, 0.25) is 0 Å². The monoisotopic (exact) mass is 235 g/mol. The minimum absolute atomic E-state index is 0.0390. The normalized spacial score (nSPS) is 12.5. The molecule has 4 nitrogen and oxygen atoms in total. The molecule has 4 heteroatoms. The van der Waals surface area contributed by atoms with Crippen molar-refractivity contribution >= 4 is 5.91 Å². The molecule has 1 aromatic carbocycles. The van der Waals surface area contributed by atoms with Gasteiger partial charge in [-0.25, -0.2) is 0 Å². The summed E-state index contributed by atoms with van der Waals surface area (Å²) in [6.45, 7) is 3.32. The predicted molar refractivity (Wildman–Crippen MR) is 69.8 cm³/mol. The number of hydrogen-bond acceptors (Lipinski definition) is 3. The van der Waals surface area contributed by atoms with Crippen molar-refractivity contribution in [3.63, 3.8) is 0 Å². The number of amides is 1. The number of nitrogens with two attached hydrogens (primary N) is 1. The van der Waals surface area contributed by atoms with E-state index in [1.54, 1.807) is 12.1 Å². The Morgan fingerprint density at radius 1 is 1.35 bits per heavy atom. The van der Waals surface area contributed by atoms with Crippen LogP contribution in [0.1, 0.15) is 22.8 Å². The highest BCUT2D eigenvalue weighted by molar-refractivity contribution is 5.94. The number of carbonyl (C=O) groups is 1. The van der Waals surface area contributed by atoms with E-state index >= 15 is 0 Å². The zero-order valence-corrected chi connectivity index (χ0v) is 10.7. The van der Waals surface area contributed by atoms with Crippen LogP contribution in [0.5, 0.6) is 0 Å². The van der Waals surface area contributed by atoms with E-state index in [0.717, 1.165) is 12.1 Å². The number of benzene rings is 1. The van der Waals surface area contributed by atoms with Crippen molar-refractivity contribution in [1.82, 2.24) is 10.2 Å². The van der Waals surface area contributed by atoms with Crippen molar-refractivity contribution in [3.8, 4) is 0 Å². The van der Waals surface area contributed by atoms with Gasteiger partial charge in [-0.15, -0.1) is 0 Å². The van der Waals surface area contributed by atoms with E-state index in [1.807, 2.05) is 38.1 Å². The van der Waals surface area contributed by atoms with Crippen LogP contribution in [0.3, 0.4) is 0 Å². The van der Waals surface area contributed by atoms with Gasteiger partial charge in [0.05, 0.1) is 0 Å². The first-order valence-corrected chi connectivity index (χ1v) is 5.77. The van der Waals surface area contributed by atoms with Crippen molar-refractivity contribution in [3.05, 3.63) is 35.4 Å². The summed E-state index contributed by atoms with van der Waals surface area (Å²) in [5.41, 5.74) is 7.21. The predicted octanol–water partition coefficient (Wildman–Crippen LogP) is 0.825. The Balaban J connectivity index is 2.57. The maximum atomic E-state index is 11.9. The molecule has 3 N–H and O–H groups in total. The third-order valence-electron chi connectivity index (χ3n) is 2.47. The molecule has 17 heavy (non-hydrogen) atoms. The van der Waals surface area contributed by atoms with E-state index in [2.05, 4.69) is 5.32 Å². The first-order valence-electron chi connectivity index (χ1n) is 5.77. The first kappa shape index (κ1) is 13.7. The summed E-state index contributed by atoms with van der Waals surface area (Å²) in [5.74, 6) is -0.0390. The topological polar surface area (TPSA) is 58.4 Å². The fourth-order valence-electron chi connectivity index (χ4n) is 1.69. The zero-order chi connectivity index (χ0) is 12.8. The number of rotatable bonds is 5. The molecular formula is C13H21N3O. The lowest BCUT2D eigenvalue weighted by molar-refractivity contribution is 0.0934. The number of nitrogens with one attached hydrogen (secondary N) is 1. The Bertz CT molecular complexity index is 359. The second kappa shape index (κ2) is 6.37. The van der Waals surface area contributed by atoms with Crippen LogP contribution >= 0.6 is 0 Å². The molecule has 1 unspecified atom stereocenters. The summed E-state index contributed by atoms with van der Waals surface area (Å²) in [6.07, 6.45) is 0. The first-order chi connectivity index (χ1) is 8.02. The molecule has 0 fully saturated rings. The molecule has 1 amide bonds. The van der Waals surface area contributed by atoms with Crippen LogP contribution in [-0.2, 0) is 6.54 Å². The SMILES string of the molecule is CC(CN(C)C)NC(=O)c1ccc(CN)cc1. The third-order valence-corrected chi connectivity index (χ3v) is 2.47. The molecule has 0 aromatic heterocycles. The maximum Gasteiger partial charge on any atom is 0.251 e. The van der Waals surface area contributed by atoms with Gasteiger partial charge >= 0.3 is 0 Å². The van der Waals surface area contributed by atoms with Gasteiger partial charge in [-0.05, 0) is 38.7 Å². The van der Waals surface area contributed by atoms with Crippen LogP contribution in [-0.4, -0.2) is 37.5 Å². The molecule has 0 saturated heterocycles. The van der Waals surface area contributed by atoms with Gasteiger partial charge in [0, 0.05) is 24.7 Å². The summed E-state index contributed by atoms with van der Waals surface area (Å²) < 4.78 is 0. The van der Waals surface area contributed by atoms with E-state index in [4.69, 9.17) is 5.73 Å². The van der Waals surface area contributed by atoms with Crippen LogP contribution in [0.15, 0.2) is 24.3 Å². The Kier molecular flexibility index (Phi) is 5.12. The second-order valence-electron chi connectivity index (χ2n) is 4.54. The number of nitrogens with zero attached hydrogens (tertiary/aromatic N) is 1. The number of hydrogen-bond donors (Lipinski definition) is 2. The zero-order valence-electron chi connectivity index (χ0n) is 10.7. The Morgan fingerprint density at radius 2 is 1.94 bits per heavy atom. The van der Waals surface area contributed by atoms with Gasteiger partial charge in [-0.2, -0.15) is 0 Å². The molecule has 0 spiro atoms. The molecule has 1 rings (SSSR count). The van der Waals surface area contributed by atoms with Gasteiger partial charge in [0.15, 0.2) is 0 Å². The van der Waals surface area contributed by atoms with E-state index < -0.39 is 0 Å². The van der Waals surface area contributed by atoms with E-state index in [9.17, 15) is 4.79 Å². The third kappa shape index (κ3) is 4.54. The molecule has 1 aromatic rings. The van der Waals surface area contributed by atoms with Gasteiger partial charge in [-0.3, -0.25) is 4.79 Å². The summed E-state index contributed by atoms with van der Waals surface area (Å²) in [6, 6.07) is 7.50. The highest BCUT2D eigenvalue weighted by Crippen LogP contribution is 2.04. The minimum Gasteiger partial charge on any atom is -0.348 e. The van der Waals surface area contributed by atoms with Crippen molar-refractivity contribution in [1.29, 1.82) is 0 Å². The van der Waals surface area contributed by atoms with E-state index in [1.165, 1.54) is 0 Å². The molecule has 0 bridgehead atoms. The maximum absolute atomic E-state index is 11.9. The van der Waals surface area contributed by atoms with Crippen LogP contribution in [0, 0.1) is 0 Å². The smallest absolute Gasteiger partial charge is 0.251 e. The van der Waals surface area contributed by atoms with Gasteiger partial charge in [0.25, 0.3) is 5.91 Å². The lowest BCUT2D eigenvalue weighted by atomic mass is 10.1. The summed E-state index contributed by atoms with van der Waals surface area (Å²) >= 11 is 0. The lowest BCUT2D eigenvalue weighted by Crippen LogP contribution is -2.39. The van der Waals surface area contributed by atoms with Gasteiger partial charge < -0.3 is 16.0 Å². The fourth-order valence-corrected chi connectivity index (χ4v) is 1.69. The van der Waals surface area contributed by atoms with Crippen LogP contribution < -0.4 is 11.1 Å². The molecule has 0 aliphatic carbocycles. The van der Waals surface area contributed by atoms with E-state index in [-0.39, 0.29) is 11.9 Å². The second-order valence-corrected chi connectivity index (χ2v) is 4.54. The molecule has 94 valence electrons. The minimum atomic E-state index is -0.0390. The largest absolute Gasteiger partial charge is 0.348 e. The Morgan fingerprint density at radius 3 is 2.41 bits per heavy atom. The molecule has 0 saturated carbocycles. The molecular weight excluding hydrogens is 214 g/mol. The van der Waals surface area contributed by atoms with Crippen LogP contribution in [0.25, 0.3) is 0 Å². The average molecular weight is 235 g/mol. The standard InChI is InChI=1S/C13H21N3O/c1-10(9-16(2)3)15-13(17)12-6-4-11(8-14)5-7-12/h4-7,10H,8-9,14H2,1-3H3,(H,15,17). The lowest BCUT2D eigenvalue weighted by Gasteiger charge is -2.18. The molecule has 0 radical (unpaired) electrons. The molecule has 0 aliphatic heterocycles. The van der Waals surface area contributed by atoms with Gasteiger partial charge in [-0.1, -0.05) is 12.1 Å². The molecule has 0 aliphatic rings. The van der Waals surface area contributed by atoms with Gasteiger partial charge in [0.1, 0.15) is 0 Å². The summed E-state index contributed by atoms with van der Waals surface area (Å²) in [7, 11) is 3.97. The van der Waals surface area contributed by atoms with Crippen molar-refractivity contribution in [2.45, 2.75) is 19.5 Å². The summed E-state index contributed by atoms with van der Waals surface area (Å²) in [4.78, 5) is 13.9. The van der Waals surface area contributed by atoms with Gasteiger partial charge in [0.2, 0.25) is 0 Å². The Hall–Kier alpha value is -1.39. The highest BCUT2D eigenvalue weighted by atomic mass is 16.1. The van der Waals surface area contributed by atoms with E-state index in [0.29, 0.717) is 12.1 Å². The average Bonchev–Trinajstić information content (AvgIpc) is 2.28. The number of carbonyl (C=O) groups excluding carboxylic acids is 1. The van der Waals surface area contributed by atoms with Crippen LogP contribution in [0.4, 0.5) is 0 Å². The molecule has 0 heterocycles. The summed E-state index contributed by atoms with van der Waals surface area (Å²) in [5, 5.41) is 2.95. The molecule has 1 atom stereocenters. The van der Waals surface area contributed by atoms with Crippen molar-refractivity contribution in [2.24, 2.45) is 5.73 Å². The highest BCUT2D eigenvalue weighted by Gasteiger charge is 2.09. The van der Waals surface area contributed by atoms with Crippen molar-refractivity contribution < 1.29 is 4.79 Å². The van der Waals surface area contributed by atoms with Crippen molar-refractivity contribution in [2.75, 3.05) is 20.6 Å². The number of likely N-dealkylation sites (N-methyl/N-ethyl adjacent to an activating group) is 1. The quantitative estimate of drug-likeness (QED) is 0.794.